The van der Waals surface area contributed by atoms with Crippen LogP contribution in [-0.2, 0) is 19.3 Å². The van der Waals surface area contributed by atoms with Crippen LogP contribution in [0.4, 0.5) is 13.2 Å². The summed E-state index contributed by atoms with van der Waals surface area (Å²) >= 11 is 0. The molecule has 0 fully saturated rings. The Kier molecular flexibility index (Phi) is 5.22. The van der Waals surface area contributed by atoms with Crippen molar-refractivity contribution in [2.75, 3.05) is 0 Å². The third-order valence-electron chi connectivity index (χ3n) is 4.65. The van der Waals surface area contributed by atoms with Crippen molar-refractivity contribution in [3.8, 4) is 0 Å². The summed E-state index contributed by atoms with van der Waals surface area (Å²) < 4.78 is 41.5. The van der Waals surface area contributed by atoms with E-state index in [1.54, 1.807) is 18.3 Å². The van der Waals surface area contributed by atoms with E-state index in [-0.39, 0.29) is 6.54 Å². The van der Waals surface area contributed by atoms with E-state index in [1.165, 1.54) is 12.1 Å². The molecule has 1 N–H and O–H groups in total. The normalized spacial score (nSPS) is 11.6. The summed E-state index contributed by atoms with van der Waals surface area (Å²) in [5.74, 6) is -0.306. The van der Waals surface area contributed by atoms with Crippen molar-refractivity contribution in [1.82, 2.24) is 19.9 Å². The van der Waals surface area contributed by atoms with Gasteiger partial charge in [-0.15, -0.1) is 0 Å². The van der Waals surface area contributed by atoms with Gasteiger partial charge in [0.2, 0.25) is 0 Å². The molecular formula is C22H17F3N4O. The molecule has 4 rings (SSSR count). The quantitative estimate of drug-likeness (QED) is 0.530. The minimum Gasteiger partial charge on any atom is -0.345 e. The molecule has 8 heteroatoms. The number of benzene rings is 2. The van der Waals surface area contributed by atoms with Crippen LogP contribution in [-0.4, -0.2) is 20.4 Å². The second-order valence-electron chi connectivity index (χ2n) is 6.67. The Labute approximate surface area is 170 Å². The average Bonchev–Trinajstić information content (AvgIpc) is 3.09. The lowest BCUT2D eigenvalue weighted by Gasteiger charge is -2.13. The second kappa shape index (κ2) is 7.98. The van der Waals surface area contributed by atoms with Crippen molar-refractivity contribution in [3.05, 3.63) is 95.4 Å². The van der Waals surface area contributed by atoms with Crippen molar-refractivity contribution >= 4 is 17.1 Å². The van der Waals surface area contributed by atoms with E-state index in [4.69, 9.17) is 0 Å². The molecule has 152 valence electrons. The van der Waals surface area contributed by atoms with Gasteiger partial charge in [-0.25, -0.2) is 9.97 Å². The van der Waals surface area contributed by atoms with E-state index in [9.17, 15) is 18.0 Å². The molecule has 1 amide bonds. The van der Waals surface area contributed by atoms with E-state index in [0.29, 0.717) is 23.5 Å². The SMILES string of the molecule is O=C(NCc1nc2cccnc2n1Cc1ccccc1)c1ccccc1C(F)(F)F. The highest BCUT2D eigenvalue weighted by molar-refractivity contribution is 5.95. The summed E-state index contributed by atoms with van der Waals surface area (Å²) in [5, 5.41) is 2.56. The monoisotopic (exact) mass is 410 g/mol. The molecule has 0 aliphatic heterocycles. The summed E-state index contributed by atoms with van der Waals surface area (Å²) in [6, 6.07) is 17.9. The van der Waals surface area contributed by atoms with E-state index in [1.807, 2.05) is 34.9 Å². The largest absolute Gasteiger partial charge is 0.417 e. The molecule has 0 saturated heterocycles. The summed E-state index contributed by atoms with van der Waals surface area (Å²) in [4.78, 5) is 21.4. The highest BCUT2D eigenvalue weighted by Gasteiger charge is 2.34. The fourth-order valence-corrected chi connectivity index (χ4v) is 3.26. The van der Waals surface area contributed by atoms with Crippen molar-refractivity contribution < 1.29 is 18.0 Å². The molecule has 5 nitrogen and oxygen atoms in total. The fraction of sp³-hybridized carbons (Fsp3) is 0.136. The van der Waals surface area contributed by atoms with Gasteiger partial charge in [0.25, 0.3) is 5.91 Å². The van der Waals surface area contributed by atoms with Crippen LogP contribution in [0.2, 0.25) is 0 Å². The molecule has 0 aliphatic rings. The summed E-state index contributed by atoms with van der Waals surface area (Å²) in [5.41, 5.74) is 0.905. The van der Waals surface area contributed by atoms with Crippen LogP contribution < -0.4 is 5.32 Å². The molecule has 0 aliphatic carbocycles. The number of amides is 1. The van der Waals surface area contributed by atoms with Gasteiger partial charge in [-0.05, 0) is 29.8 Å². The number of carbonyl (C=O) groups excluding carboxylic acids is 1. The van der Waals surface area contributed by atoms with Gasteiger partial charge < -0.3 is 9.88 Å². The number of halogens is 3. The van der Waals surface area contributed by atoms with E-state index >= 15 is 0 Å². The minimum atomic E-state index is -4.61. The number of hydrogen-bond donors (Lipinski definition) is 1. The molecule has 4 aromatic rings. The number of nitrogens with one attached hydrogen (secondary N) is 1. The summed E-state index contributed by atoms with van der Waals surface area (Å²) in [7, 11) is 0. The number of rotatable bonds is 5. The Morgan fingerprint density at radius 2 is 1.70 bits per heavy atom. The van der Waals surface area contributed by atoms with Gasteiger partial charge in [-0.2, -0.15) is 13.2 Å². The molecule has 0 atom stereocenters. The number of fused-ring (bicyclic) bond motifs is 1. The Morgan fingerprint density at radius 3 is 2.47 bits per heavy atom. The summed E-state index contributed by atoms with van der Waals surface area (Å²) in [6.07, 6.45) is -2.97. The fourth-order valence-electron chi connectivity index (χ4n) is 3.26. The molecule has 2 heterocycles. The van der Waals surface area contributed by atoms with Gasteiger partial charge in [0.05, 0.1) is 24.2 Å². The van der Waals surface area contributed by atoms with Crippen LogP contribution in [0.5, 0.6) is 0 Å². The lowest BCUT2D eigenvalue weighted by atomic mass is 10.1. The third kappa shape index (κ3) is 4.03. The Balaban J connectivity index is 1.62. The summed E-state index contributed by atoms with van der Waals surface area (Å²) in [6.45, 7) is 0.437. The zero-order chi connectivity index (χ0) is 21.1. The van der Waals surface area contributed by atoms with Crippen molar-refractivity contribution in [1.29, 1.82) is 0 Å². The number of carbonyl (C=O) groups is 1. The molecular weight excluding hydrogens is 393 g/mol. The number of pyridine rings is 1. The first-order valence-corrected chi connectivity index (χ1v) is 9.22. The maximum absolute atomic E-state index is 13.2. The molecule has 2 aromatic heterocycles. The molecule has 0 radical (unpaired) electrons. The molecule has 0 spiro atoms. The Hall–Kier alpha value is -3.68. The lowest BCUT2D eigenvalue weighted by Crippen LogP contribution is -2.27. The van der Waals surface area contributed by atoms with Gasteiger partial charge in [-0.1, -0.05) is 42.5 Å². The smallest absolute Gasteiger partial charge is 0.345 e. The van der Waals surface area contributed by atoms with Crippen molar-refractivity contribution in [2.45, 2.75) is 19.3 Å². The number of imidazole rings is 1. The van der Waals surface area contributed by atoms with Gasteiger partial charge in [0.1, 0.15) is 11.3 Å². The number of aromatic nitrogens is 3. The zero-order valence-corrected chi connectivity index (χ0v) is 15.7. The number of alkyl halides is 3. The molecule has 0 bridgehead atoms. The highest BCUT2D eigenvalue weighted by Crippen LogP contribution is 2.31. The predicted molar refractivity (Wildman–Crippen MR) is 106 cm³/mol. The first kappa shape index (κ1) is 19.6. The molecule has 30 heavy (non-hydrogen) atoms. The van der Waals surface area contributed by atoms with Crippen LogP contribution in [0.15, 0.2) is 72.9 Å². The van der Waals surface area contributed by atoms with Crippen LogP contribution >= 0.6 is 0 Å². The van der Waals surface area contributed by atoms with Crippen LogP contribution in [0.3, 0.4) is 0 Å². The Bertz CT molecular complexity index is 1190. The Morgan fingerprint density at radius 1 is 0.967 bits per heavy atom. The number of nitrogens with zero attached hydrogens (tertiary/aromatic N) is 3. The first-order chi connectivity index (χ1) is 14.4. The third-order valence-corrected chi connectivity index (χ3v) is 4.65. The van der Waals surface area contributed by atoms with Crippen LogP contribution in [0.1, 0.15) is 27.3 Å². The topological polar surface area (TPSA) is 59.8 Å². The molecule has 0 saturated carbocycles. The first-order valence-electron chi connectivity index (χ1n) is 9.22. The molecule has 0 unspecified atom stereocenters. The van der Waals surface area contributed by atoms with Gasteiger partial charge in [0, 0.05) is 6.20 Å². The van der Waals surface area contributed by atoms with Gasteiger partial charge >= 0.3 is 6.18 Å². The van der Waals surface area contributed by atoms with Crippen LogP contribution in [0, 0.1) is 0 Å². The second-order valence-corrected chi connectivity index (χ2v) is 6.67. The molecule has 2 aromatic carbocycles. The van der Waals surface area contributed by atoms with Crippen LogP contribution in [0.25, 0.3) is 11.2 Å². The lowest BCUT2D eigenvalue weighted by molar-refractivity contribution is -0.137. The number of hydrogen-bond acceptors (Lipinski definition) is 3. The van der Waals surface area contributed by atoms with Gasteiger partial charge in [-0.3, -0.25) is 4.79 Å². The van der Waals surface area contributed by atoms with Gasteiger partial charge in [0.15, 0.2) is 5.65 Å². The van der Waals surface area contributed by atoms with Crippen molar-refractivity contribution in [2.24, 2.45) is 0 Å². The predicted octanol–water partition coefficient (Wildman–Crippen LogP) is 4.43. The average molecular weight is 410 g/mol. The highest BCUT2D eigenvalue weighted by atomic mass is 19.4. The van der Waals surface area contributed by atoms with Crippen molar-refractivity contribution in [3.63, 3.8) is 0 Å². The van der Waals surface area contributed by atoms with E-state index in [2.05, 4.69) is 15.3 Å². The maximum Gasteiger partial charge on any atom is 0.417 e. The van der Waals surface area contributed by atoms with E-state index in [0.717, 1.165) is 17.7 Å². The van der Waals surface area contributed by atoms with E-state index < -0.39 is 23.2 Å². The minimum absolute atomic E-state index is 0.0335. The zero-order valence-electron chi connectivity index (χ0n) is 15.7. The maximum atomic E-state index is 13.2. The standard InChI is InChI=1S/C22H17F3N4O/c23-22(24,25)17-10-5-4-9-16(17)21(30)27-13-19-28-18-11-6-12-26-20(18)29(19)14-15-7-2-1-3-8-15/h1-12H,13-14H2,(H,27,30).